The fourth-order valence-corrected chi connectivity index (χ4v) is 1.42. The summed E-state index contributed by atoms with van der Waals surface area (Å²) in [5, 5.41) is 8.29. The molecule has 0 saturated carbocycles. The monoisotopic (exact) mass is 360 g/mol. The van der Waals surface area contributed by atoms with Crippen LogP contribution in [0.15, 0.2) is 66.7 Å². The normalized spacial score (nSPS) is 8.19. The van der Waals surface area contributed by atoms with Gasteiger partial charge in [0.15, 0.2) is 0 Å². The first kappa shape index (κ1) is 27.9. The van der Waals surface area contributed by atoms with Crippen LogP contribution in [-0.2, 0) is 9.53 Å². The fourth-order valence-electron chi connectivity index (χ4n) is 1.42. The first-order valence-electron chi connectivity index (χ1n) is 8.23. The molecule has 0 radical (unpaired) electrons. The first-order valence-corrected chi connectivity index (χ1v) is 8.23. The molecular weight excluding hydrogens is 328 g/mol. The molecule has 0 saturated heterocycles. The van der Waals surface area contributed by atoms with Crippen LogP contribution in [0.25, 0.3) is 6.08 Å². The number of rotatable bonds is 3. The molecule has 2 aromatic carbocycles. The number of hydrogen-bond acceptors (Lipinski definition) is 3. The van der Waals surface area contributed by atoms with Crippen LogP contribution < -0.4 is 0 Å². The summed E-state index contributed by atoms with van der Waals surface area (Å²) in [4.78, 5) is 20.9. The van der Waals surface area contributed by atoms with Crippen molar-refractivity contribution in [1.29, 1.82) is 0 Å². The molecule has 0 aliphatic carbocycles. The van der Waals surface area contributed by atoms with E-state index in [1.165, 1.54) is 7.11 Å². The number of methoxy groups -OCH3 is 1. The summed E-state index contributed by atoms with van der Waals surface area (Å²) < 4.78 is 4.50. The zero-order valence-corrected chi connectivity index (χ0v) is 15.6. The third-order valence-electron chi connectivity index (χ3n) is 2.41. The van der Waals surface area contributed by atoms with Gasteiger partial charge < -0.3 is 9.84 Å². The Morgan fingerprint density at radius 3 is 1.65 bits per heavy atom. The smallest absolute Gasteiger partial charge is 0.337 e. The second kappa shape index (κ2) is 20.2. The van der Waals surface area contributed by atoms with E-state index in [-0.39, 0.29) is 13.4 Å². The zero-order chi connectivity index (χ0) is 19.5. The van der Waals surface area contributed by atoms with Crippen LogP contribution in [0.1, 0.15) is 51.0 Å². The van der Waals surface area contributed by atoms with Crippen LogP contribution in [-0.4, -0.2) is 24.2 Å². The molecule has 0 amide bonds. The van der Waals surface area contributed by atoms with Crippen molar-refractivity contribution < 1.29 is 19.4 Å². The molecule has 144 valence electrons. The van der Waals surface area contributed by atoms with Gasteiger partial charge in [-0.25, -0.2) is 9.59 Å². The molecule has 0 aromatic heterocycles. The molecule has 0 atom stereocenters. The van der Waals surface area contributed by atoms with Gasteiger partial charge in [-0.2, -0.15) is 0 Å². The maximum absolute atomic E-state index is 10.8. The lowest BCUT2D eigenvalue weighted by atomic mass is 10.2. The Morgan fingerprint density at radius 2 is 1.27 bits per heavy atom. The molecule has 1 N–H and O–H groups in total. The predicted octanol–water partition coefficient (Wildman–Crippen LogP) is 5.95. The van der Waals surface area contributed by atoms with Gasteiger partial charge in [0, 0.05) is 6.08 Å². The molecule has 4 nitrogen and oxygen atoms in total. The summed E-state index contributed by atoms with van der Waals surface area (Å²) in [5.41, 5.74) is 1.49. The quantitative estimate of drug-likeness (QED) is 0.543. The summed E-state index contributed by atoms with van der Waals surface area (Å²) in [6.07, 6.45) is 2.68. The topological polar surface area (TPSA) is 63.6 Å². The molecule has 0 aliphatic rings. The molecule has 4 heteroatoms. The molecule has 0 spiro atoms. The van der Waals surface area contributed by atoms with E-state index in [0.29, 0.717) is 5.56 Å². The summed E-state index contributed by atoms with van der Waals surface area (Å²) in [5.74, 6) is -1.21. The van der Waals surface area contributed by atoms with Crippen LogP contribution in [0.4, 0.5) is 0 Å². The molecule has 0 bridgehead atoms. The molecule has 0 unspecified atom stereocenters. The highest BCUT2D eigenvalue weighted by atomic mass is 16.5. The summed E-state index contributed by atoms with van der Waals surface area (Å²) in [6, 6.07) is 18.2. The van der Waals surface area contributed by atoms with E-state index in [0.717, 1.165) is 11.6 Å². The maximum Gasteiger partial charge on any atom is 0.337 e. The minimum atomic E-state index is -0.922. The van der Waals surface area contributed by atoms with Crippen molar-refractivity contribution in [3.8, 4) is 0 Å². The van der Waals surface area contributed by atoms with Crippen molar-refractivity contribution >= 4 is 18.0 Å². The van der Waals surface area contributed by atoms with Crippen LogP contribution in [0.5, 0.6) is 0 Å². The fraction of sp³-hybridized carbons (Fsp3) is 0.273. The Hall–Kier alpha value is -2.88. The highest BCUT2D eigenvalue weighted by molar-refractivity contribution is 5.89. The van der Waals surface area contributed by atoms with Crippen molar-refractivity contribution in [2.75, 3.05) is 7.11 Å². The van der Waals surface area contributed by atoms with E-state index in [1.807, 2.05) is 64.1 Å². The van der Waals surface area contributed by atoms with Gasteiger partial charge in [-0.15, -0.1) is 0 Å². The van der Waals surface area contributed by atoms with Gasteiger partial charge in [0.05, 0.1) is 12.7 Å². The number of aliphatic carboxylic acids is 1. The van der Waals surface area contributed by atoms with Crippen LogP contribution in [0.2, 0.25) is 0 Å². The Morgan fingerprint density at radius 1 is 0.846 bits per heavy atom. The summed E-state index contributed by atoms with van der Waals surface area (Å²) in [7, 11) is 1.37. The number of carbonyl (C=O) groups excluding carboxylic acids is 1. The molecule has 0 aliphatic heterocycles. The Labute approximate surface area is 158 Å². The number of carboxylic acid groups (broad SMARTS) is 1. The standard InChI is InChI=1S/C9H8O2.C8H8O2.2C2H6.CH4/c10-9(11)7-6-8-4-2-1-3-5-8;1-10-8(9)7-5-3-2-4-6-7;2*1-2;/h1-7H,(H,10,11);2-6H,1H3;2*1-2H3;1H4/b7-6+;;;;. The van der Waals surface area contributed by atoms with Gasteiger partial charge in [-0.05, 0) is 23.8 Å². The van der Waals surface area contributed by atoms with E-state index in [9.17, 15) is 9.59 Å². The number of ether oxygens (including phenoxy) is 1. The van der Waals surface area contributed by atoms with Crippen molar-refractivity contribution in [2.45, 2.75) is 35.1 Å². The highest BCUT2D eigenvalue weighted by Gasteiger charge is 2.00. The maximum atomic E-state index is 10.8. The Kier molecular flexibility index (Phi) is 21.7. The molecule has 2 aromatic rings. The van der Waals surface area contributed by atoms with E-state index in [2.05, 4.69) is 4.74 Å². The lowest BCUT2D eigenvalue weighted by Gasteiger charge is -1.95. The second-order valence-electron chi connectivity index (χ2n) is 3.94. The van der Waals surface area contributed by atoms with Gasteiger partial charge in [0.25, 0.3) is 0 Å². The van der Waals surface area contributed by atoms with Gasteiger partial charge in [-0.1, -0.05) is 83.7 Å². The third-order valence-corrected chi connectivity index (χ3v) is 2.41. The van der Waals surface area contributed by atoms with E-state index in [1.54, 1.807) is 30.3 Å². The SMILES string of the molecule is C.CC.CC.COC(=O)c1ccccc1.O=C(O)/C=C/c1ccccc1. The third kappa shape index (κ3) is 14.7. The van der Waals surface area contributed by atoms with Gasteiger partial charge in [0.1, 0.15) is 0 Å². The number of carboxylic acids is 1. The van der Waals surface area contributed by atoms with Crippen molar-refractivity contribution in [3.63, 3.8) is 0 Å². The second-order valence-corrected chi connectivity index (χ2v) is 3.94. The zero-order valence-electron chi connectivity index (χ0n) is 15.6. The molecule has 0 heterocycles. The minimum Gasteiger partial charge on any atom is -0.478 e. The first-order chi connectivity index (χ1) is 12.1. The lowest BCUT2D eigenvalue weighted by molar-refractivity contribution is -0.131. The molecule has 26 heavy (non-hydrogen) atoms. The predicted molar refractivity (Wildman–Crippen MR) is 110 cm³/mol. The van der Waals surface area contributed by atoms with Crippen molar-refractivity contribution in [3.05, 3.63) is 77.9 Å². The highest BCUT2D eigenvalue weighted by Crippen LogP contribution is 2.00. The molecule has 2 rings (SSSR count). The molecular formula is C22H32O4. The average molecular weight is 360 g/mol. The van der Waals surface area contributed by atoms with E-state index >= 15 is 0 Å². The van der Waals surface area contributed by atoms with Crippen LogP contribution in [0.3, 0.4) is 0 Å². The largest absolute Gasteiger partial charge is 0.478 e. The van der Waals surface area contributed by atoms with Gasteiger partial charge in [0.2, 0.25) is 0 Å². The van der Waals surface area contributed by atoms with Gasteiger partial charge in [-0.3, -0.25) is 0 Å². The Bertz CT molecular complexity index is 590. The summed E-state index contributed by atoms with van der Waals surface area (Å²) in [6.45, 7) is 8.00. The van der Waals surface area contributed by atoms with Crippen LogP contribution >= 0.6 is 0 Å². The van der Waals surface area contributed by atoms with E-state index in [4.69, 9.17) is 5.11 Å². The van der Waals surface area contributed by atoms with Crippen LogP contribution in [0, 0.1) is 0 Å². The number of hydrogen-bond donors (Lipinski definition) is 1. The van der Waals surface area contributed by atoms with Gasteiger partial charge >= 0.3 is 11.9 Å². The minimum absolute atomic E-state index is 0. The number of esters is 1. The van der Waals surface area contributed by atoms with Crippen molar-refractivity contribution in [1.82, 2.24) is 0 Å². The number of carbonyl (C=O) groups is 2. The lowest BCUT2D eigenvalue weighted by Crippen LogP contribution is -1.99. The Balaban J connectivity index is -0.000000332. The van der Waals surface area contributed by atoms with Crippen molar-refractivity contribution in [2.24, 2.45) is 0 Å². The molecule has 0 fully saturated rings. The average Bonchev–Trinajstić information content (AvgIpc) is 2.71. The number of benzene rings is 2. The summed E-state index contributed by atoms with van der Waals surface area (Å²) >= 11 is 0. The van der Waals surface area contributed by atoms with E-state index < -0.39 is 5.97 Å².